The quantitative estimate of drug-likeness (QED) is 0.659. The summed E-state index contributed by atoms with van der Waals surface area (Å²) in [5.41, 5.74) is 3.14. The second kappa shape index (κ2) is 4.77. The monoisotopic (exact) mass is 283 g/mol. The predicted molar refractivity (Wildman–Crippen MR) is 83.3 cm³/mol. The Bertz CT molecular complexity index is 772. The molecule has 0 amide bonds. The number of hydrogen-bond donors (Lipinski definition) is 0. The van der Waals surface area contributed by atoms with Crippen molar-refractivity contribution in [3.8, 4) is 0 Å². The van der Waals surface area contributed by atoms with Gasteiger partial charge in [-0.3, -0.25) is 0 Å². The lowest BCUT2D eigenvalue weighted by atomic mass is 10.2. The largest absolute Gasteiger partial charge is 0.222 e. The van der Waals surface area contributed by atoms with E-state index in [2.05, 4.69) is 35.4 Å². The number of nitrogens with zero attached hydrogens (tertiary/aromatic N) is 3. The van der Waals surface area contributed by atoms with E-state index in [0.29, 0.717) is 0 Å². The normalized spacial score (nSPS) is 16.4. The number of fused-ring (bicyclic) bond motifs is 3. The van der Waals surface area contributed by atoms with E-state index in [4.69, 9.17) is 4.98 Å². The van der Waals surface area contributed by atoms with Crippen molar-refractivity contribution in [2.24, 2.45) is 0 Å². The molecule has 2 heterocycles. The van der Waals surface area contributed by atoms with Gasteiger partial charge in [0.25, 0.3) is 0 Å². The highest BCUT2D eigenvalue weighted by atomic mass is 32.2. The minimum absolute atomic E-state index is 0.734. The maximum absolute atomic E-state index is 4.85. The topological polar surface area (TPSA) is 30.2 Å². The van der Waals surface area contributed by atoms with Crippen LogP contribution in [0.5, 0.6) is 0 Å². The lowest BCUT2D eigenvalue weighted by molar-refractivity contribution is 0.886. The number of aryl methyl sites for hydroxylation is 1. The molecule has 0 bridgehead atoms. The van der Waals surface area contributed by atoms with Gasteiger partial charge in [-0.15, -0.1) is 11.8 Å². The first-order chi connectivity index (χ1) is 9.81. The summed E-state index contributed by atoms with van der Waals surface area (Å²) < 4.78 is 1.96. The van der Waals surface area contributed by atoms with E-state index in [1.807, 2.05) is 23.2 Å². The van der Waals surface area contributed by atoms with Crippen LogP contribution >= 0.6 is 11.8 Å². The summed E-state index contributed by atoms with van der Waals surface area (Å²) in [4.78, 5) is 4.85. The van der Waals surface area contributed by atoms with Gasteiger partial charge in [0, 0.05) is 16.7 Å². The first-order valence-corrected chi connectivity index (χ1v) is 8.11. The molecule has 1 aliphatic carbocycles. The molecule has 4 heteroatoms. The maximum atomic E-state index is 4.85. The summed E-state index contributed by atoms with van der Waals surface area (Å²) in [6.45, 7) is 2.02. The minimum Gasteiger partial charge on any atom is -0.222 e. The van der Waals surface area contributed by atoms with Crippen molar-refractivity contribution < 1.29 is 0 Å². The molecule has 1 saturated carbocycles. The summed E-state index contributed by atoms with van der Waals surface area (Å²) in [5, 5.41) is 7.68. The SMILES string of the molecule is Cc1cc2nc(SC3CCCC3)c3ccccc3n2n1. The minimum atomic E-state index is 0.734. The third-order valence-electron chi connectivity index (χ3n) is 3.97. The molecule has 1 aliphatic rings. The fourth-order valence-electron chi connectivity index (χ4n) is 3.00. The molecule has 1 fully saturated rings. The molecule has 102 valence electrons. The van der Waals surface area contributed by atoms with Gasteiger partial charge in [-0.05, 0) is 25.8 Å². The van der Waals surface area contributed by atoms with Crippen molar-refractivity contribution in [2.75, 3.05) is 0 Å². The molecule has 0 radical (unpaired) electrons. The first-order valence-electron chi connectivity index (χ1n) is 7.23. The molecular weight excluding hydrogens is 266 g/mol. The Balaban J connectivity index is 1.92. The van der Waals surface area contributed by atoms with Gasteiger partial charge in [-0.1, -0.05) is 31.0 Å². The average Bonchev–Trinajstić information content (AvgIpc) is 3.08. The summed E-state index contributed by atoms with van der Waals surface area (Å²) in [5.74, 6) is 0. The van der Waals surface area contributed by atoms with E-state index >= 15 is 0 Å². The van der Waals surface area contributed by atoms with Gasteiger partial charge < -0.3 is 0 Å². The Hall–Kier alpha value is -1.55. The van der Waals surface area contributed by atoms with Crippen molar-refractivity contribution in [1.82, 2.24) is 14.6 Å². The van der Waals surface area contributed by atoms with E-state index in [1.165, 1.54) is 36.1 Å². The van der Waals surface area contributed by atoms with Crippen LogP contribution in [0.2, 0.25) is 0 Å². The van der Waals surface area contributed by atoms with Gasteiger partial charge in [0.05, 0.1) is 11.2 Å². The van der Waals surface area contributed by atoms with E-state index < -0.39 is 0 Å². The highest BCUT2D eigenvalue weighted by molar-refractivity contribution is 8.00. The van der Waals surface area contributed by atoms with E-state index in [0.717, 1.165) is 22.1 Å². The molecule has 0 atom stereocenters. The van der Waals surface area contributed by atoms with Gasteiger partial charge >= 0.3 is 0 Å². The van der Waals surface area contributed by atoms with E-state index in [1.54, 1.807) is 0 Å². The highest BCUT2D eigenvalue weighted by Gasteiger charge is 2.19. The van der Waals surface area contributed by atoms with Crippen LogP contribution in [-0.4, -0.2) is 19.8 Å². The number of aromatic nitrogens is 3. The Labute approximate surface area is 122 Å². The zero-order valence-electron chi connectivity index (χ0n) is 11.5. The molecule has 4 rings (SSSR count). The molecule has 0 spiro atoms. The fraction of sp³-hybridized carbons (Fsp3) is 0.375. The van der Waals surface area contributed by atoms with Crippen LogP contribution in [0.3, 0.4) is 0 Å². The van der Waals surface area contributed by atoms with Crippen LogP contribution in [0.25, 0.3) is 16.6 Å². The summed E-state index contributed by atoms with van der Waals surface area (Å²) in [6.07, 6.45) is 5.38. The Morgan fingerprint density at radius 1 is 1.20 bits per heavy atom. The maximum Gasteiger partial charge on any atom is 0.157 e. The van der Waals surface area contributed by atoms with Crippen LogP contribution in [0.4, 0.5) is 0 Å². The summed E-state index contributed by atoms with van der Waals surface area (Å²) in [7, 11) is 0. The average molecular weight is 283 g/mol. The number of rotatable bonds is 2. The Morgan fingerprint density at radius 2 is 2.00 bits per heavy atom. The lowest BCUT2D eigenvalue weighted by Gasteiger charge is -2.11. The second-order valence-electron chi connectivity index (χ2n) is 5.51. The standard InChI is InChI=1S/C16H17N3S/c1-11-10-15-17-16(20-12-6-2-3-7-12)13-8-4-5-9-14(13)19(15)18-11/h4-5,8-10,12H,2-3,6-7H2,1H3. The van der Waals surface area contributed by atoms with E-state index in [9.17, 15) is 0 Å². The molecular formula is C16H17N3S. The van der Waals surface area contributed by atoms with Crippen LogP contribution in [0, 0.1) is 6.92 Å². The highest BCUT2D eigenvalue weighted by Crippen LogP contribution is 2.37. The number of hydrogen-bond acceptors (Lipinski definition) is 3. The van der Waals surface area contributed by atoms with Crippen molar-refractivity contribution >= 4 is 28.3 Å². The zero-order chi connectivity index (χ0) is 13.5. The Morgan fingerprint density at radius 3 is 2.85 bits per heavy atom. The van der Waals surface area contributed by atoms with E-state index in [-0.39, 0.29) is 0 Å². The molecule has 20 heavy (non-hydrogen) atoms. The Kier molecular flexibility index (Phi) is 2.91. The first kappa shape index (κ1) is 12.2. The van der Waals surface area contributed by atoms with Gasteiger partial charge in [-0.2, -0.15) is 5.10 Å². The van der Waals surface area contributed by atoms with Crippen LogP contribution in [0.15, 0.2) is 35.4 Å². The molecule has 0 aliphatic heterocycles. The van der Waals surface area contributed by atoms with Crippen molar-refractivity contribution in [2.45, 2.75) is 42.9 Å². The fourth-order valence-corrected chi connectivity index (χ4v) is 4.33. The number of thioether (sulfide) groups is 1. The second-order valence-corrected chi connectivity index (χ2v) is 6.80. The smallest absolute Gasteiger partial charge is 0.157 e. The molecule has 3 nitrogen and oxygen atoms in total. The molecule has 0 N–H and O–H groups in total. The van der Waals surface area contributed by atoms with Crippen LogP contribution < -0.4 is 0 Å². The van der Waals surface area contributed by atoms with Gasteiger partial charge in [-0.25, -0.2) is 9.50 Å². The van der Waals surface area contributed by atoms with Crippen LogP contribution in [-0.2, 0) is 0 Å². The summed E-state index contributed by atoms with van der Waals surface area (Å²) >= 11 is 1.95. The van der Waals surface area contributed by atoms with Crippen molar-refractivity contribution in [3.05, 3.63) is 36.0 Å². The molecule has 2 aromatic heterocycles. The van der Waals surface area contributed by atoms with Crippen molar-refractivity contribution in [1.29, 1.82) is 0 Å². The third kappa shape index (κ3) is 1.99. The molecule has 0 saturated heterocycles. The van der Waals surface area contributed by atoms with Gasteiger partial charge in [0.2, 0.25) is 0 Å². The van der Waals surface area contributed by atoms with Gasteiger partial charge in [0.15, 0.2) is 5.65 Å². The zero-order valence-corrected chi connectivity index (χ0v) is 12.4. The predicted octanol–water partition coefficient (Wildman–Crippen LogP) is 4.23. The summed E-state index contributed by atoms with van der Waals surface area (Å²) in [6, 6.07) is 10.5. The third-order valence-corrected chi connectivity index (χ3v) is 5.31. The van der Waals surface area contributed by atoms with Crippen LogP contribution in [0.1, 0.15) is 31.4 Å². The van der Waals surface area contributed by atoms with Gasteiger partial charge in [0.1, 0.15) is 5.03 Å². The molecule has 0 unspecified atom stereocenters. The van der Waals surface area contributed by atoms with Crippen molar-refractivity contribution in [3.63, 3.8) is 0 Å². The molecule has 1 aromatic carbocycles. The lowest BCUT2D eigenvalue weighted by Crippen LogP contribution is -1.99. The number of para-hydroxylation sites is 1. The molecule has 3 aromatic rings. The number of benzene rings is 1.